The number of hydrogen-bond acceptors (Lipinski definition) is 5. The molecule has 0 fully saturated rings. The van der Waals surface area contributed by atoms with Crippen LogP contribution in [-0.4, -0.2) is 19.9 Å². The summed E-state index contributed by atoms with van der Waals surface area (Å²) < 4.78 is 2.47. The summed E-state index contributed by atoms with van der Waals surface area (Å²) in [4.78, 5) is 20.2. The second-order valence-corrected chi connectivity index (χ2v) is 14.6. The molecule has 0 N–H and O–H groups in total. The van der Waals surface area contributed by atoms with E-state index in [1.807, 2.05) is 84.1 Å². The highest BCUT2D eigenvalue weighted by Crippen LogP contribution is 2.39. The van der Waals surface area contributed by atoms with Crippen molar-refractivity contribution in [3.05, 3.63) is 194 Å². The molecule has 0 aliphatic heterocycles. The van der Waals surface area contributed by atoms with Crippen LogP contribution in [0.4, 0.5) is 0 Å². The first kappa shape index (κ1) is 32.6. The Balaban J connectivity index is 0.994. The predicted molar refractivity (Wildman–Crippen MR) is 229 cm³/mol. The Labute approximate surface area is 323 Å². The van der Waals surface area contributed by atoms with Gasteiger partial charge in [0.1, 0.15) is 0 Å². The molecule has 0 bridgehead atoms. The Morgan fingerprint density at radius 2 is 0.655 bits per heavy atom. The van der Waals surface area contributed by atoms with Crippen LogP contribution in [0.2, 0.25) is 0 Å². The third-order valence-corrected chi connectivity index (χ3v) is 11.1. The van der Waals surface area contributed by atoms with Gasteiger partial charge in [0.25, 0.3) is 0 Å². The molecule has 0 aliphatic carbocycles. The molecule has 3 heterocycles. The third-order valence-electron chi connectivity index (χ3n) is 9.94. The van der Waals surface area contributed by atoms with Gasteiger partial charge in [-0.05, 0) is 47.5 Å². The molecule has 0 saturated heterocycles. The van der Waals surface area contributed by atoms with Gasteiger partial charge in [-0.3, -0.25) is 0 Å². The lowest BCUT2D eigenvalue weighted by atomic mass is 10.0. The fraction of sp³-hybridized carbons (Fsp3) is 0. The first-order valence-electron chi connectivity index (χ1n) is 18.3. The SMILES string of the molecule is c1ccc(-c2cc(-c3ccccc3)nc(-c3ccc(-c4ccc5c(c4)sc4ccc(-c6nc(-c7ccccc7)cc(-c7ccccc7)n6)cc45)cc3)n2)cc1. The largest absolute Gasteiger partial charge is 0.228 e. The summed E-state index contributed by atoms with van der Waals surface area (Å²) >= 11 is 1.81. The van der Waals surface area contributed by atoms with Gasteiger partial charge in [-0.15, -0.1) is 11.3 Å². The van der Waals surface area contributed by atoms with E-state index in [-0.39, 0.29) is 0 Å². The zero-order valence-electron chi connectivity index (χ0n) is 29.7. The van der Waals surface area contributed by atoms with Crippen LogP contribution in [0.1, 0.15) is 0 Å². The van der Waals surface area contributed by atoms with Crippen molar-refractivity contribution in [3.8, 4) is 78.9 Å². The number of aromatic nitrogens is 4. The first-order valence-corrected chi connectivity index (χ1v) is 19.1. The molecule has 55 heavy (non-hydrogen) atoms. The van der Waals surface area contributed by atoms with E-state index in [9.17, 15) is 0 Å². The lowest BCUT2D eigenvalue weighted by Crippen LogP contribution is -1.95. The maximum Gasteiger partial charge on any atom is 0.160 e. The van der Waals surface area contributed by atoms with Crippen molar-refractivity contribution < 1.29 is 0 Å². The zero-order valence-corrected chi connectivity index (χ0v) is 30.5. The second-order valence-electron chi connectivity index (χ2n) is 13.5. The molecule has 4 nitrogen and oxygen atoms in total. The van der Waals surface area contributed by atoms with Crippen LogP contribution in [0.25, 0.3) is 99.1 Å². The Hall–Kier alpha value is -7.08. The first-order chi connectivity index (χ1) is 27.2. The Kier molecular flexibility index (Phi) is 8.32. The van der Waals surface area contributed by atoms with Gasteiger partial charge in [0.05, 0.1) is 22.8 Å². The summed E-state index contributed by atoms with van der Waals surface area (Å²) in [5.74, 6) is 1.42. The fourth-order valence-corrected chi connectivity index (χ4v) is 8.21. The van der Waals surface area contributed by atoms with Gasteiger partial charge in [-0.1, -0.05) is 158 Å². The van der Waals surface area contributed by atoms with E-state index in [0.717, 1.165) is 61.7 Å². The predicted octanol–water partition coefficient (Wildman–Crippen LogP) is 13.3. The summed E-state index contributed by atoms with van der Waals surface area (Å²) in [7, 11) is 0. The number of hydrogen-bond donors (Lipinski definition) is 0. The number of nitrogens with zero attached hydrogens (tertiary/aromatic N) is 4. The van der Waals surface area contributed by atoms with Gasteiger partial charge >= 0.3 is 0 Å². The standard InChI is InChI=1S/C50H32N4S/c1-5-13-34(14-6-1)43-31-44(35-15-7-2-8-16-35)52-49(51-43)38-23-21-33(22-24-38)39-25-27-41-42-29-40(26-28-47(42)55-48(41)30-39)50-53-45(36-17-9-3-10-18-36)32-46(54-50)37-19-11-4-12-20-37/h1-32H. The highest BCUT2D eigenvalue weighted by molar-refractivity contribution is 7.25. The van der Waals surface area contributed by atoms with Gasteiger partial charge in [-0.2, -0.15) is 0 Å². The van der Waals surface area contributed by atoms with Crippen LogP contribution in [0.3, 0.4) is 0 Å². The molecule has 258 valence electrons. The molecule has 0 radical (unpaired) electrons. The molecule has 7 aromatic carbocycles. The maximum atomic E-state index is 5.08. The summed E-state index contributed by atoms with van der Waals surface area (Å²) in [6.07, 6.45) is 0. The van der Waals surface area contributed by atoms with Crippen LogP contribution in [0, 0.1) is 0 Å². The minimum Gasteiger partial charge on any atom is -0.228 e. The van der Waals surface area contributed by atoms with E-state index in [2.05, 4.69) is 121 Å². The smallest absolute Gasteiger partial charge is 0.160 e. The number of fused-ring (bicyclic) bond motifs is 3. The summed E-state index contributed by atoms with van der Waals surface area (Å²) in [6, 6.07) is 67.3. The molecule has 0 aliphatic rings. The van der Waals surface area contributed by atoms with Crippen molar-refractivity contribution in [2.75, 3.05) is 0 Å². The molecule has 0 saturated carbocycles. The van der Waals surface area contributed by atoms with Gasteiger partial charge in [0.2, 0.25) is 0 Å². The van der Waals surface area contributed by atoms with Crippen molar-refractivity contribution in [2.24, 2.45) is 0 Å². The lowest BCUT2D eigenvalue weighted by Gasteiger charge is -2.10. The van der Waals surface area contributed by atoms with E-state index < -0.39 is 0 Å². The summed E-state index contributed by atoms with van der Waals surface area (Å²) in [6.45, 7) is 0. The molecular weight excluding hydrogens is 689 g/mol. The second kappa shape index (κ2) is 14.0. The lowest BCUT2D eigenvalue weighted by molar-refractivity contribution is 1.18. The van der Waals surface area contributed by atoms with Gasteiger partial charge in [0.15, 0.2) is 11.6 Å². The average molecular weight is 721 g/mol. The zero-order chi connectivity index (χ0) is 36.6. The molecule has 0 unspecified atom stereocenters. The molecule has 5 heteroatoms. The minimum atomic E-state index is 0.705. The Bertz CT molecular complexity index is 2830. The molecule has 10 rings (SSSR count). The molecule has 0 amide bonds. The average Bonchev–Trinajstić information content (AvgIpc) is 3.64. The van der Waals surface area contributed by atoms with Crippen LogP contribution in [0.15, 0.2) is 194 Å². The van der Waals surface area contributed by atoms with Crippen LogP contribution >= 0.6 is 11.3 Å². The van der Waals surface area contributed by atoms with Gasteiger partial charge in [0, 0.05) is 53.6 Å². The highest BCUT2D eigenvalue weighted by atomic mass is 32.1. The van der Waals surface area contributed by atoms with E-state index in [0.29, 0.717) is 11.6 Å². The summed E-state index contributed by atoms with van der Waals surface area (Å²) in [5.41, 5.74) is 12.2. The molecule has 0 spiro atoms. The Morgan fingerprint density at radius 3 is 1.13 bits per heavy atom. The van der Waals surface area contributed by atoms with Crippen molar-refractivity contribution in [2.45, 2.75) is 0 Å². The highest BCUT2D eigenvalue weighted by Gasteiger charge is 2.15. The van der Waals surface area contributed by atoms with Crippen LogP contribution < -0.4 is 0 Å². The minimum absolute atomic E-state index is 0.705. The number of benzene rings is 7. The van der Waals surface area contributed by atoms with Gasteiger partial charge in [-0.25, -0.2) is 19.9 Å². The van der Waals surface area contributed by atoms with E-state index in [4.69, 9.17) is 19.9 Å². The fourth-order valence-electron chi connectivity index (χ4n) is 7.09. The number of rotatable bonds is 7. The Morgan fingerprint density at radius 1 is 0.255 bits per heavy atom. The monoisotopic (exact) mass is 720 g/mol. The van der Waals surface area contributed by atoms with Crippen LogP contribution in [0.5, 0.6) is 0 Å². The maximum absolute atomic E-state index is 5.08. The molecule has 10 aromatic rings. The quantitative estimate of drug-likeness (QED) is 0.164. The number of thiophene rings is 1. The van der Waals surface area contributed by atoms with Crippen LogP contribution in [-0.2, 0) is 0 Å². The third kappa shape index (κ3) is 6.48. The van der Waals surface area contributed by atoms with Crippen molar-refractivity contribution in [1.82, 2.24) is 19.9 Å². The molecule has 3 aromatic heterocycles. The van der Waals surface area contributed by atoms with Crippen molar-refractivity contribution in [3.63, 3.8) is 0 Å². The van der Waals surface area contributed by atoms with E-state index in [1.165, 1.54) is 25.7 Å². The summed E-state index contributed by atoms with van der Waals surface area (Å²) in [5, 5.41) is 2.43. The van der Waals surface area contributed by atoms with Crippen molar-refractivity contribution in [1.29, 1.82) is 0 Å². The normalized spacial score (nSPS) is 11.3. The van der Waals surface area contributed by atoms with Gasteiger partial charge < -0.3 is 0 Å². The van der Waals surface area contributed by atoms with E-state index in [1.54, 1.807) is 0 Å². The molecular formula is C50H32N4S. The van der Waals surface area contributed by atoms with E-state index >= 15 is 0 Å². The van der Waals surface area contributed by atoms with Crippen molar-refractivity contribution >= 4 is 31.5 Å². The molecule has 0 atom stereocenters. The topological polar surface area (TPSA) is 51.6 Å².